The molecule has 5 nitrogen and oxygen atoms in total. The molecule has 5 heteroatoms. The van der Waals surface area contributed by atoms with Crippen LogP contribution < -0.4 is 0 Å². The summed E-state index contributed by atoms with van der Waals surface area (Å²) in [6.45, 7) is 2.00. The van der Waals surface area contributed by atoms with Gasteiger partial charge in [-0.3, -0.25) is 9.59 Å². The standard InChI is InChI=1S/C11H18O5/c1-2-16-11(15)9(12)7-3-5-8(6-4-7)10(13)14/h7-8,11,15H,2-6H2,1H3,(H,13,14)/t7-,8-,11?. The van der Waals surface area contributed by atoms with E-state index in [-0.39, 0.29) is 24.2 Å². The molecule has 0 aliphatic heterocycles. The van der Waals surface area contributed by atoms with Crippen LogP contribution in [0, 0.1) is 11.8 Å². The first-order chi connectivity index (χ1) is 7.56. The number of aliphatic hydroxyl groups excluding tert-OH is 1. The van der Waals surface area contributed by atoms with Crippen molar-refractivity contribution in [3.05, 3.63) is 0 Å². The second-order valence-corrected chi connectivity index (χ2v) is 4.10. The van der Waals surface area contributed by atoms with Crippen LogP contribution in [0.15, 0.2) is 0 Å². The fourth-order valence-electron chi connectivity index (χ4n) is 2.07. The summed E-state index contributed by atoms with van der Waals surface area (Å²) >= 11 is 0. The average Bonchev–Trinajstić information content (AvgIpc) is 2.28. The highest BCUT2D eigenvalue weighted by Gasteiger charge is 2.32. The van der Waals surface area contributed by atoms with Gasteiger partial charge in [-0.05, 0) is 32.6 Å². The Morgan fingerprint density at radius 2 is 1.75 bits per heavy atom. The molecule has 1 saturated carbocycles. The summed E-state index contributed by atoms with van der Waals surface area (Å²) in [5.74, 6) is -1.70. The molecule has 1 aliphatic carbocycles. The largest absolute Gasteiger partial charge is 0.481 e. The van der Waals surface area contributed by atoms with Gasteiger partial charge in [-0.1, -0.05) is 0 Å². The maximum Gasteiger partial charge on any atom is 0.306 e. The smallest absolute Gasteiger partial charge is 0.306 e. The lowest BCUT2D eigenvalue weighted by Gasteiger charge is -2.26. The van der Waals surface area contributed by atoms with E-state index >= 15 is 0 Å². The molecule has 1 aliphatic rings. The molecule has 0 saturated heterocycles. The van der Waals surface area contributed by atoms with E-state index in [2.05, 4.69) is 0 Å². The number of carbonyl (C=O) groups is 2. The zero-order valence-electron chi connectivity index (χ0n) is 9.39. The molecule has 92 valence electrons. The molecule has 0 amide bonds. The van der Waals surface area contributed by atoms with E-state index in [1.807, 2.05) is 0 Å². The molecule has 0 aromatic heterocycles. The van der Waals surface area contributed by atoms with E-state index in [0.29, 0.717) is 25.7 Å². The second-order valence-electron chi connectivity index (χ2n) is 4.10. The third kappa shape index (κ3) is 3.28. The highest BCUT2D eigenvalue weighted by atomic mass is 16.6. The van der Waals surface area contributed by atoms with Gasteiger partial charge in [0.2, 0.25) is 6.29 Å². The van der Waals surface area contributed by atoms with Crippen LogP contribution in [-0.2, 0) is 14.3 Å². The van der Waals surface area contributed by atoms with Gasteiger partial charge < -0.3 is 14.9 Å². The number of ketones is 1. The molecule has 1 rings (SSSR count). The zero-order chi connectivity index (χ0) is 12.1. The molecular weight excluding hydrogens is 212 g/mol. The summed E-state index contributed by atoms with van der Waals surface area (Å²) in [7, 11) is 0. The lowest BCUT2D eigenvalue weighted by molar-refractivity contribution is -0.161. The van der Waals surface area contributed by atoms with Crippen LogP contribution in [0.25, 0.3) is 0 Å². The summed E-state index contributed by atoms with van der Waals surface area (Å²) in [4.78, 5) is 22.4. The Labute approximate surface area is 94.4 Å². The molecule has 1 fully saturated rings. The third-order valence-corrected chi connectivity index (χ3v) is 3.05. The van der Waals surface area contributed by atoms with Crippen LogP contribution in [0.4, 0.5) is 0 Å². The van der Waals surface area contributed by atoms with Crippen LogP contribution in [0.2, 0.25) is 0 Å². The Hall–Kier alpha value is -0.940. The van der Waals surface area contributed by atoms with Crippen molar-refractivity contribution in [2.24, 2.45) is 11.8 Å². The highest BCUT2D eigenvalue weighted by molar-refractivity contribution is 5.84. The van der Waals surface area contributed by atoms with Crippen LogP contribution in [0.5, 0.6) is 0 Å². The van der Waals surface area contributed by atoms with E-state index < -0.39 is 12.3 Å². The predicted octanol–water partition coefficient (Wildman–Crippen LogP) is 0.801. The Morgan fingerprint density at radius 1 is 1.25 bits per heavy atom. The molecule has 2 N–H and O–H groups in total. The van der Waals surface area contributed by atoms with Gasteiger partial charge in [0, 0.05) is 12.5 Å². The molecule has 0 bridgehead atoms. The Morgan fingerprint density at radius 3 is 2.19 bits per heavy atom. The Kier molecular flexibility index (Phi) is 4.89. The number of carboxylic acid groups (broad SMARTS) is 1. The van der Waals surface area contributed by atoms with Crippen molar-refractivity contribution < 1.29 is 24.5 Å². The minimum Gasteiger partial charge on any atom is -0.481 e. The first-order valence-electron chi connectivity index (χ1n) is 5.62. The summed E-state index contributed by atoms with van der Waals surface area (Å²) in [6.07, 6.45) is 0.714. The molecule has 1 unspecified atom stereocenters. The zero-order valence-corrected chi connectivity index (χ0v) is 9.39. The summed E-state index contributed by atoms with van der Waals surface area (Å²) in [5.41, 5.74) is 0. The lowest BCUT2D eigenvalue weighted by atomic mass is 9.80. The molecule has 0 aromatic carbocycles. The van der Waals surface area contributed by atoms with E-state index in [1.54, 1.807) is 6.92 Å². The monoisotopic (exact) mass is 230 g/mol. The van der Waals surface area contributed by atoms with Crippen LogP contribution in [-0.4, -0.2) is 34.9 Å². The number of aliphatic hydroxyl groups is 1. The van der Waals surface area contributed by atoms with E-state index in [4.69, 9.17) is 9.84 Å². The third-order valence-electron chi connectivity index (χ3n) is 3.05. The van der Waals surface area contributed by atoms with Gasteiger partial charge in [-0.15, -0.1) is 0 Å². The maximum absolute atomic E-state index is 11.6. The van der Waals surface area contributed by atoms with Crippen molar-refractivity contribution in [3.63, 3.8) is 0 Å². The quantitative estimate of drug-likeness (QED) is 0.682. The minimum absolute atomic E-state index is 0.253. The first-order valence-corrected chi connectivity index (χ1v) is 5.62. The number of rotatable bonds is 5. The van der Waals surface area contributed by atoms with Gasteiger partial charge >= 0.3 is 5.97 Å². The molecular formula is C11H18O5. The number of ether oxygens (including phenoxy) is 1. The Bertz CT molecular complexity index is 255. The number of hydrogen-bond acceptors (Lipinski definition) is 4. The fraction of sp³-hybridized carbons (Fsp3) is 0.818. The average molecular weight is 230 g/mol. The highest BCUT2D eigenvalue weighted by Crippen LogP contribution is 2.30. The van der Waals surface area contributed by atoms with Crippen molar-refractivity contribution in [1.29, 1.82) is 0 Å². The van der Waals surface area contributed by atoms with Crippen LogP contribution in [0.1, 0.15) is 32.6 Å². The van der Waals surface area contributed by atoms with Gasteiger partial charge in [0.25, 0.3) is 0 Å². The van der Waals surface area contributed by atoms with E-state index in [1.165, 1.54) is 0 Å². The number of Topliss-reactive ketones (excluding diaryl/α,β-unsaturated/α-hetero) is 1. The van der Waals surface area contributed by atoms with Crippen molar-refractivity contribution in [2.45, 2.75) is 38.9 Å². The van der Waals surface area contributed by atoms with Crippen LogP contribution in [0.3, 0.4) is 0 Å². The van der Waals surface area contributed by atoms with Crippen molar-refractivity contribution >= 4 is 11.8 Å². The van der Waals surface area contributed by atoms with Crippen molar-refractivity contribution in [1.82, 2.24) is 0 Å². The molecule has 0 spiro atoms. The first kappa shape index (κ1) is 13.1. The summed E-state index contributed by atoms with van der Waals surface area (Å²) in [5, 5.41) is 18.2. The number of hydrogen-bond donors (Lipinski definition) is 2. The van der Waals surface area contributed by atoms with Gasteiger partial charge in [0.15, 0.2) is 5.78 Å². The summed E-state index contributed by atoms with van der Waals surface area (Å²) in [6, 6.07) is 0. The van der Waals surface area contributed by atoms with Gasteiger partial charge in [0.1, 0.15) is 0 Å². The van der Waals surface area contributed by atoms with Crippen molar-refractivity contribution in [3.8, 4) is 0 Å². The molecule has 1 atom stereocenters. The van der Waals surface area contributed by atoms with E-state index in [0.717, 1.165) is 0 Å². The fourth-order valence-corrected chi connectivity index (χ4v) is 2.07. The topological polar surface area (TPSA) is 83.8 Å². The predicted molar refractivity (Wildman–Crippen MR) is 55.7 cm³/mol. The normalized spacial score (nSPS) is 27.4. The lowest BCUT2D eigenvalue weighted by Crippen LogP contribution is -2.34. The molecule has 0 aromatic rings. The maximum atomic E-state index is 11.6. The van der Waals surface area contributed by atoms with Gasteiger partial charge in [-0.25, -0.2) is 0 Å². The molecule has 0 radical (unpaired) electrons. The SMILES string of the molecule is CCOC(O)C(=O)[C@H]1CC[C@H](C(=O)O)CC1. The second kappa shape index (κ2) is 5.96. The molecule has 16 heavy (non-hydrogen) atoms. The van der Waals surface area contributed by atoms with E-state index in [9.17, 15) is 14.7 Å². The number of aliphatic carboxylic acids is 1. The minimum atomic E-state index is -1.35. The van der Waals surface area contributed by atoms with Gasteiger partial charge in [-0.2, -0.15) is 0 Å². The van der Waals surface area contributed by atoms with Crippen molar-refractivity contribution in [2.75, 3.05) is 6.61 Å². The molecule has 0 heterocycles. The van der Waals surface area contributed by atoms with Gasteiger partial charge in [0.05, 0.1) is 5.92 Å². The number of carbonyl (C=O) groups excluding carboxylic acids is 1. The summed E-state index contributed by atoms with van der Waals surface area (Å²) < 4.78 is 4.82. The Balaban J connectivity index is 2.41. The number of carboxylic acids is 1. The van der Waals surface area contributed by atoms with Crippen LogP contribution >= 0.6 is 0 Å².